The van der Waals surface area contributed by atoms with Gasteiger partial charge in [0, 0.05) is 13.1 Å². The summed E-state index contributed by atoms with van der Waals surface area (Å²) in [7, 11) is 0. The number of nitrogens with zero attached hydrogens (tertiary/aromatic N) is 1. The van der Waals surface area contributed by atoms with Gasteiger partial charge in [-0.25, -0.2) is 0 Å². The van der Waals surface area contributed by atoms with Crippen molar-refractivity contribution in [3.05, 3.63) is 47.9 Å². The molecule has 1 aliphatic heterocycles. The molecule has 1 N–H and O–H groups in total. The molecule has 0 saturated heterocycles. The largest absolute Gasteiger partial charge is 0.456 e. The van der Waals surface area contributed by atoms with Crippen LogP contribution in [0, 0.1) is 6.92 Å². The highest BCUT2D eigenvalue weighted by molar-refractivity contribution is 6.06. The van der Waals surface area contributed by atoms with Gasteiger partial charge in [-0.2, -0.15) is 0 Å². The Morgan fingerprint density at radius 2 is 2.11 bits per heavy atom. The minimum Gasteiger partial charge on any atom is -0.456 e. The first kappa shape index (κ1) is 11.8. The van der Waals surface area contributed by atoms with Crippen LogP contribution in [0.2, 0.25) is 0 Å². The third-order valence-electron chi connectivity index (χ3n) is 3.27. The Morgan fingerprint density at radius 3 is 2.89 bits per heavy atom. The molecular weight excluding hydrogens is 240 g/mol. The molecule has 1 aliphatic rings. The number of furan rings is 1. The first-order chi connectivity index (χ1) is 9.25. The molecule has 1 amide bonds. The quantitative estimate of drug-likeness (QED) is 0.853. The predicted octanol–water partition coefficient (Wildman–Crippen LogP) is 3.05. The third kappa shape index (κ3) is 2.21. The summed E-state index contributed by atoms with van der Waals surface area (Å²) in [5, 5.41) is 3.34. The molecule has 0 unspecified atom stereocenters. The smallest absolute Gasteiger partial charge is 0.294 e. The van der Waals surface area contributed by atoms with Crippen LogP contribution in [-0.2, 0) is 0 Å². The zero-order chi connectivity index (χ0) is 13.2. The van der Waals surface area contributed by atoms with Crippen molar-refractivity contribution in [3.8, 4) is 0 Å². The van der Waals surface area contributed by atoms with Crippen molar-refractivity contribution >= 4 is 17.3 Å². The molecule has 0 saturated carbocycles. The van der Waals surface area contributed by atoms with E-state index in [-0.39, 0.29) is 5.91 Å². The second-order valence-electron chi connectivity index (χ2n) is 4.66. The molecule has 19 heavy (non-hydrogen) atoms. The van der Waals surface area contributed by atoms with Crippen molar-refractivity contribution < 1.29 is 9.21 Å². The van der Waals surface area contributed by atoms with E-state index in [2.05, 4.69) is 5.32 Å². The van der Waals surface area contributed by atoms with E-state index >= 15 is 0 Å². The fraction of sp³-hybridized carbons (Fsp3) is 0.267. The monoisotopic (exact) mass is 256 g/mol. The van der Waals surface area contributed by atoms with E-state index in [0.717, 1.165) is 30.1 Å². The van der Waals surface area contributed by atoms with E-state index in [0.29, 0.717) is 12.3 Å². The Balaban J connectivity index is 1.98. The average Bonchev–Trinajstić information content (AvgIpc) is 2.74. The molecule has 0 spiro atoms. The SMILES string of the molecule is Cc1ccc(C(=O)N2CCCNc3ccccc32)o1. The molecule has 3 rings (SSSR count). The summed E-state index contributed by atoms with van der Waals surface area (Å²) in [5.41, 5.74) is 1.91. The number of para-hydroxylation sites is 2. The fourth-order valence-corrected chi connectivity index (χ4v) is 2.33. The van der Waals surface area contributed by atoms with Gasteiger partial charge in [-0.05, 0) is 37.6 Å². The highest BCUT2D eigenvalue weighted by Crippen LogP contribution is 2.29. The number of carbonyl (C=O) groups excluding carboxylic acids is 1. The summed E-state index contributed by atoms with van der Waals surface area (Å²) < 4.78 is 5.44. The first-order valence-electron chi connectivity index (χ1n) is 6.47. The van der Waals surface area contributed by atoms with Gasteiger partial charge in [-0.15, -0.1) is 0 Å². The number of aryl methyl sites for hydroxylation is 1. The molecule has 1 aromatic carbocycles. The molecule has 4 heteroatoms. The number of hydrogen-bond donors (Lipinski definition) is 1. The average molecular weight is 256 g/mol. The van der Waals surface area contributed by atoms with Gasteiger partial charge in [-0.3, -0.25) is 4.79 Å². The fourth-order valence-electron chi connectivity index (χ4n) is 2.33. The summed E-state index contributed by atoms with van der Waals surface area (Å²) in [6.07, 6.45) is 0.917. The van der Waals surface area contributed by atoms with Gasteiger partial charge in [0.15, 0.2) is 5.76 Å². The number of nitrogens with one attached hydrogen (secondary N) is 1. The Hall–Kier alpha value is -2.23. The van der Waals surface area contributed by atoms with E-state index in [1.807, 2.05) is 37.3 Å². The van der Waals surface area contributed by atoms with Crippen LogP contribution in [0.15, 0.2) is 40.8 Å². The molecule has 0 radical (unpaired) electrons. The highest BCUT2D eigenvalue weighted by atomic mass is 16.3. The molecule has 0 bridgehead atoms. The summed E-state index contributed by atoms with van der Waals surface area (Å²) in [4.78, 5) is 14.3. The maximum absolute atomic E-state index is 12.5. The van der Waals surface area contributed by atoms with Crippen molar-refractivity contribution in [1.82, 2.24) is 0 Å². The normalized spacial score (nSPS) is 14.5. The Morgan fingerprint density at radius 1 is 1.26 bits per heavy atom. The number of benzene rings is 1. The van der Waals surface area contributed by atoms with Crippen LogP contribution in [0.3, 0.4) is 0 Å². The van der Waals surface area contributed by atoms with Gasteiger partial charge in [0.1, 0.15) is 5.76 Å². The third-order valence-corrected chi connectivity index (χ3v) is 3.27. The van der Waals surface area contributed by atoms with Crippen molar-refractivity contribution in [2.75, 3.05) is 23.3 Å². The van der Waals surface area contributed by atoms with Gasteiger partial charge >= 0.3 is 0 Å². The molecule has 0 fully saturated rings. The molecule has 1 aromatic heterocycles. The summed E-state index contributed by atoms with van der Waals surface area (Å²) in [5.74, 6) is 1.07. The Bertz CT molecular complexity index is 604. The molecule has 2 heterocycles. The molecule has 2 aromatic rings. The molecule has 0 aliphatic carbocycles. The predicted molar refractivity (Wildman–Crippen MR) is 74.7 cm³/mol. The molecular formula is C15H16N2O2. The van der Waals surface area contributed by atoms with Crippen molar-refractivity contribution in [2.24, 2.45) is 0 Å². The van der Waals surface area contributed by atoms with Crippen LogP contribution in [0.5, 0.6) is 0 Å². The maximum Gasteiger partial charge on any atom is 0.294 e. The maximum atomic E-state index is 12.5. The van der Waals surface area contributed by atoms with Gasteiger partial charge in [0.05, 0.1) is 11.4 Å². The lowest BCUT2D eigenvalue weighted by atomic mass is 10.2. The highest BCUT2D eigenvalue weighted by Gasteiger charge is 2.23. The Labute approximate surface area is 112 Å². The second kappa shape index (κ2) is 4.80. The number of anilines is 2. The molecule has 4 nitrogen and oxygen atoms in total. The van der Waals surface area contributed by atoms with E-state index in [9.17, 15) is 4.79 Å². The molecule has 0 atom stereocenters. The van der Waals surface area contributed by atoms with Gasteiger partial charge in [-0.1, -0.05) is 12.1 Å². The lowest BCUT2D eigenvalue weighted by Gasteiger charge is -2.21. The van der Waals surface area contributed by atoms with E-state index < -0.39 is 0 Å². The zero-order valence-electron chi connectivity index (χ0n) is 10.8. The van der Waals surface area contributed by atoms with Crippen LogP contribution < -0.4 is 10.2 Å². The second-order valence-corrected chi connectivity index (χ2v) is 4.66. The van der Waals surface area contributed by atoms with Crippen LogP contribution in [0.1, 0.15) is 22.7 Å². The summed E-state index contributed by atoms with van der Waals surface area (Å²) in [6.45, 7) is 3.41. The van der Waals surface area contributed by atoms with Crippen molar-refractivity contribution in [2.45, 2.75) is 13.3 Å². The topological polar surface area (TPSA) is 45.5 Å². The van der Waals surface area contributed by atoms with E-state index in [4.69, 9.17) is 4.42 Å². The number of hydrogen-bond acceptors (Lipinski definition) is 3. The number of carbonyl (C=O) groups is 1. The van der Waals surface area contributed by atoms with Crippen LogP contribution in [0.4, 0.5) is 11.4 Å². The summed E-state index contributed by atoms with van der Waals surface area (Å²) >= 11 is 0. The number of fused-ring (bicyclic) bond motifs is 1. The summed E-state index contributed by atoms with van der Waals surface area (Å²) in [6, 6.07) is 11.4. The lowest BCUT2D eigenvalue weighted by Crippen LogP contribution is -2.31. The van der Waals surface area contributed by atoms with Gasteiger partial charge in [0.2, 0.25) is 0 Å². The van der Waals surface area contributed by atoms with Gasteiger partial charge in [0.25, 0.3) is 5.91 Å². The minimum atomic E-state index is -0.0794. The van der Waals surface area contributed by atoms with Crippen molar-refractivity contribution in [3.63, 3.8) is 0 Å². The van der Waals surface area contributed by atoms with E-state index in [1.54, 1.807) is 11.0 Å². The van der Waals surface area contributed by atoms with Crippen LogP contribution >= 0.6 is 0 Å². The minimum absolute atomic E-state index is 0.0794. The first-order valence-corrected chi connectivity index (χ1v) is 6.47. The van der Waals surface area contributed by atoms with Gasteiger partial charge < -0.3 is 14.6 Å². The zero-order valence-corrected chi connectivity index (χ0v) is 10.8. The van der Waals surface area contributed by atoms with Crippen LogP contribution in [-0.4, -0.2) is 19.0 Å². The lowest BCUT2D eigenvalue weighted by molar-refractivity contribution is 0.0959. The van der Waals surface area contributed by atoms with Crippen LogP contribution in [0.25, 0.3) is 0 Å². The van der Waals surface area contributed by atoms with E-state index in [1.165, 1.54) is 0 Å². The Kier molecular flexibility index (Phi) is 2.99. The van der Waals surface area contributed by atoms with Crippen molar-refractivity contribution in [1.29, 1.82) is 0 Å². The number of rotatable bonds is 1. The number of amides is 1. The standard InChI is InChI=1S/C15H16N2O2/c1-11-7-8-14(19-11)15(18)17-10-4-9-16-12-5-2-3-6-13(12)17/h2-3,5-8,16H,4,9-10H2,1H3. The molecule has 98 valence electrons.